The first-order chi connectivity index (χ1) is 4.06. The van der Waals surface area contributed by atoms with Crippen molar-refractivity contribution in [2.75, 3.05) is 0 Å². The van der Waals surface area contributed by atoms with Crippen LogP contribution in [0.15, 0.2) is 11.6 Å². The molecule has 0 aliphatic rings. The molecule has 9 heavy (non-hydrogen) atoms. The Labute approximate surface area is 56.3 Å². The summed E-state index contributed by atoms with van der Waals surface area (Å²) in [5, 5.41) is 12.8. The summed E-state index contributed by atoms with van der Waals surface area (Å²) in [4.78, 5) is 17.8. The number of halogens is 1. The van der Waals surface area contributed by atoms with Crippen molar-refractivity contribution >= 4 is 23.7 Å². The summed E-state index contributed by atoms with van der Waals surface area (Å²) in [5.41, 5.74) is 0. The lowest BCUT2D eigenvalue weighted by molar-refractivity contribution is -0.131. The highest BCUT2D eigenvalue weighted by Gasteiger charge is 1.93. The van der Waals surface area contributed by atoms with Gasteiger partial charge in [0.1, 0.15) is 5.03 Å². The van der Waals surface area contributed by atoms with E-state index < -0.39 is 5.97 Å². The maximum Gasteiger partial charge on any atom is 0.346 e. The minimum absolute atomic E-state index is 0.352. The number of carbonyl (C=O) groups is 1. The molecule has 0 radical (unpaired) electrons. The zero-order chi connectivity index (χ0) is 7.86. The van der Waals surface area contributed by atoms with Crippen molar-refractivity contribution in [2.24, 2.45) is 0 Å². The third-order valence-electron chi connectivity index (χ3n) is 0.232. The van der Waals surface area contributed by atoms with Gasteiger partial charge in [-0.05, 0) is 0 Å². The highest BCUT2D eigenvalue weighted by atomic mass is 35.5. The summed E-state index contributed by atoms with van der Waals surface area (Å²) in [5.74, 6) is -1.17. The predicted molar refractivity (Wildman–Crippen MR) is 31.0 cm³/mol. The van der Waals surface area contributed by atoms with Crippen molar-refractivity contribution in [3.63, 3.8) is 0 Å². The molecule has 0 fully saturated rings. The highest BCUT2D eigenvalue weighted by Crippen LogP contribution is 1.92. The first-order valence-corrected chi connectivity index (χ1v) is 2.05. The Bertz CT molecular complexity index is 136. The van der Waals surface area contributed by atoms with Crippen molar-refractivity contribution in [3.05, 3.63) is 11.6 Å². The van der Waals surface area contributed by atoms with E-state index in [1.807, 2.05) is 0 Å². The molecule has 0 aromatic heterocycles. The lowest BCUT2D eigenvalue weighted by Crippen LogP contribution is -1.89. The summed E-state index contributed by atoms with van der Waals surface area (Å²) < 4.78 is 0. The molecule has 0 amide bonds. The van der Waals surface area contributed by atoms with Crippen LogP contribution in [0.2, 0.25) is 0 Å². The van der Waals surface area contributed by atoms with Gasteiger partial charge in [0.15, 0.2) is 0 Å². The van der Waals surface area contributed by atoms with E-state index in [1.54, 1.807) is 0 Å². The predicted octanol–water partition coefficient (Wildman–Crippen LogP) is 0.724. The summed E-state index contributed by atoms with van der Waals surface area (Å²) in [6, 6.07) is 0. The van der Waals surface area contributed by atoms with Gasteiger partial charge in [0.2, 0.25) is 6.08 Å². The average Bonchev–Trinajstić information content (AvgIpc) is 1.68. The number of hydrogen-bond acceptors (Lipinski definition) is 3. The van der Waals surface area contributed by atoms with Gasteiger partial charge in [0, 0.05) is 0 Å². The number of aliphatic carboxylic acids is 1. The molecule has 0 aliphatic carbocycles. The van der Waals surface area contributed by atoms with Gasteiger partial charge >= 0.3 is 5.97 Å². The van der Waals surface area contributed by atoms with Crippen LogP contribution in [0.3, 0.4) is 0 Å². The average molecular weight is 150 g/mol. The molecule has 0 saturated carbocycles. The molecule has 0 atom stereocenters. The Balaban J connectivity index is 0. The zero-order valence-electron chi connectivity index (χ0n) is 4.35. The Morgan fingerprint density at radius 3 is 1.89 bits per heavy atom. The van der Waals surface area contributed by atoms with Crippen molar-refractivity contribution < 1.29 is 14.7 Å². The van der Waals surface area contributed by atoms with E-state index >= 15 is 0 Å². The lowest BCUT2D eigenvalue weighted by atomic mass is 10.7. The normalized spacial score (nSPS) is 5.89. The van der Waals surface area contributed by atoms with Crippen molar-refractivity contribution in [3.8, 4) is 0 Å². The zero-order valence-corrected chi connectivity index (χ0v) is 5.10. The summed E-state index contributed by atoms with van der Waals surface area (Å²) in [7, 11) is 0. The number of rotatable bonds is 1. The Morgan fingerprint density at radius 2 is 1.89 bits per heavy atom. The van der Waals surface area contributed by atoms with Crippen molar-refractivity contribution in [1.82, 2.24) is 0 Å². The largest absolute Gasteiger partial charge is 0.477 e. The molecular formula is C4H4ClNO3. The van der Waals surface area contributed by atoms with Crippen LogP contribution < -0.4 is 0 Å². The Kier molecular flexibility index (Phi) is 8.25. The van der Waals surface area contributed by atoms with Crippen LogP contribution in [0.1, 0.15) is 0 Å². The maximum atomic E-state index is 9.47. The summed E-state index contributed by atoms with van der Waals surface area (Å²) in [6.07, 6.45) is 0.750. The second-order valence-electron chi connectivity index (χ2n) is 0.812. The number of carboxylic acid groups (broad SMARTS) is 1. The fourth-order valence-corrected chi connectivity index (χ4v) is 0. The molecule has 0 aliphatic heterocycles. The molecule has 0 aromatic rings. The molecular weight excluding hydrogens is 146 g/mol. The van der Waals surface area contributed by atoms with E-state index in [0.717, 1.165) is 6.08 Å². The molecule has 0 saturated heterocycles. The van der Waals surface area contributed by atoms with Gasteiger partial charge in [0.25, 0.3) is 0 Å². The third-order valence-corrected chi connectivity index (χ3v) is 0.394. The van der Waals surface area contributed by atoms with Crippen molar-refractivity contribution in [1.29, 1.82) is 5.41 Å². The Morgan fingerprint density at radius 1 is 1.78 bits per heavy atom. The van der Waals surface area contributed by atoms with Gasteiger partial charge in [-0.15, -0.1) is 0 Å². The van der Waals surface area contributed by atoms with Crippen LogP contribution in [0.4, 0.5) is 0 Å². The number of carboxylic acids is 1. The molecule has 0 bridgehead atoms. The van der Waals surface area contributed by atoms with Crippen LogP contribution in [-0.2, 0) is 9.59 Å². The molecule has 0 rings (SSSR count). The van der Waals surface area contributed by atoms with E-state index in [2.05, 4.69) is 6.58 Å². The van der Waals surface area contributed by atoms with Crippen LogP contribution >= 0.6 is 11.6 Å². The molecule has 5 heteroatoms. The quantitative estimate of drug-likeness (QED) is 0.328. The minimum atomic E-state index is -1.17. The molecule has 2 N–H and O–H groups in total. The fourth-order valence-electron chi connectivity index (χ4n) is 0. The summed E-state index contributed by atoms with van der Waals surface area (Å²) in [6.45, 7) is 2.92. The molecule has 4 nitrogen and oxygen atoms in total. The molecule has 0 unspecified atom stereocenters. The van der Waals surface area contributed by atoms with E-state index in [0.29, 0.717) is 0 Å². The van der Waals surface area contributed by atoms with Gasteiger partial charge in [-0.1, -0.05) is 18.2 Å². The van der Waals surface area contributed by atoms with E-state index in [-0.39, 0.29) is 5.03 Å². The number of hydrogen-bond donors (Lipinski definition) is 2. The van der Waals surface area contributed by atoms with Crippen LogP contribution in [0, 0.1) is 5.41 Å². The highest BCUT2D eigenvalue weighted by molar-refractivity contribution is 6.40. The first-order valence-electron chi connectivity index (χ1n) is 1.67. The molecule has 0 spiro atoms. The van der Waals surface area contributed by atoms with Gasteiger partial charge in [-0.2, -0.15) is 0 Å². The SMILES string of the molecule is C=C(Cl)C(=O)O.N=C=O. The maximum absolute atomic E-state index is 9.47. The van der Waals surface area contributed by atoms with Crippen LogP contribution in [0.25, 0.3) is 0 Å². The third kappa shape index (κ3) is 19.8. The molecule has 0 aromatic carbocycles. The Hall–Kier alpha value is -1.12. The second kappa shape index (κ2) is 6.88. The van der Waals surface area contributed by atoms with Gasteiger partial charge < -0.3 is 5.11 Å². The standard InChI is InChI=1S/C3H3ClO2.CHNO/c1-2(4)3(5)6;2-1-3/h1H2,(H,5,6);2H. The van der Waals surface area contributed by atoms with Gasteiger partial charge in [0.05, 0.1) is 0 Å². The fraction of sp³-hybridized carbons (Fsp3) is 0. The molecule has 50 valence electrons. The number of isocyanates is 1. The lowest BCUT2D eigenvalue weighted by Gasteiger charge is -1.76. The second-order valence-corrected chi connectivity index (χ2v) is 1.27. The van der Waals surface area contributed by atoms with E-state index in [9.17, 15) is 4.79 Å². The smallest absolute Gasteiger partial charge is 0.346 e. The van der Waals surface area contributed by atoms with Gasteiger partial charge in [-0.25, -0.2) is 15.0 Å². The molecule has 0 heterocycles. The monoisotopic (exact) mass is 149 g/mol. The van der Waals surface area contributed by atoms with Crippen LogP contribution in [0.5, 0.6) is 0 Å². The van der Waals surface area contributed by atoms with E-state index in [4.69, 9.17) is 26.9 Å². The van der Waals surface area contributed by atoms with E-state index in [1.165, 1.54) is 0 Å². The topological polar surface area (TPSA) is 78.2 Å². The summed E-state index contributed by atoms with van der Waals surface area (Å²) >= 11 is 4.82. The minimum Gasteiger partial charge on any atom is -0.477 e. The number of nitrogens with one attached hydrogen (secondary N) is 1. The van der Waals surface area contributed by atoms with Crippen molar-refractivity contribution in [2.45, 2.75) is 0 Å². The first kappa shape index (κ1) is 10.8. The van der Waals surface area contributed by atoms with Gasteiger partial charge in [-0.3, -0.25) is 0 Å². The van der Waals surface area contributed by atoms with Crippen LogP contribution in [-0.4, -0.2) is 17.2 Å². The number of carbonyl (C=O) groups excluding carboxylic acids is 1.